The fraction of sp³-hybridized carbons (Fsp3) is 0.500. The van der Waals surface area contributed by atoms with E-state index in [1.165, 1.54) is 36.6 Å². The second kappa shape index (κ2) is 11.9. The zero-order chi connectivity index (χ0) is 29.2. The Morgan fingerprint density at radius 3 is 2.60 bits per heavy atom. The van der Waals surface area contributed by atoms with Crippen LogP contribution in [0.3, 0.4) is 0 Å². The molecular weight excluding hydrogens is 544 g/mol. The number of carboxylic acid groups (broad SMARTS) is 1. The number of alkyl halides is 1. The van der Waals surface area contributed by atoms with Gasteiger partial charge in [-0.2, -0.15) is 5.26 Å². The number of carboxylic acids is 1. The van der Waals surface area contributed by atoms with E-state index < -0.39 is 41.4 Å². The number of aliphatic carboxylic acids is 1. The van der Waals surface area contributed by atoms with Crippen molar-refractivity contribution in [2.24, 2.45) is 0 Å². The lowest BCUT2D eigenvalue weighted by Gasteiger charge is -2.30. The minimum absolute atomic E-state index is 0.0556. The molecule has 0 spiro atoms. The second-order valence-corrected chi connectivity index (χ2v) is 11.3. The summed E-state index contributed by atoms with van der Waals surface area (Å²) in [6.07, 6.45) is 3.24. The normalized spacial score (nSPS) is 15.2. The van der Waals surface area contributed by atoms with Crippen molar-refractivity contribution in [2.45, 2.75) is 77.2 Å². The number of hydrogen-bond donors (Lipinski definition) is 1. The van der Waals surface area contributed by atoms with Gasteiger partial charge in [0, 0.05) is 5.56 Å². The van der Waals surface area contributed by atoms with E-state index in [4.69, 9.17) is 9.47 Å². The van der Waals surface area contributed by atoms with Crippen molar-refractivity contribution in [1.29, 1.82) is 5.26 Å². The van der Waals surface area contributed by atoms with Gasteiger partial charge in [-0.15, -0.1) is 11.3 Å². The molecule has 0 bridgehead atoms. The summed E-state index contributed by atoms with van der Waals surface area (Å²) >= 11 is 0.942. The molecule has 1 aliphatic rings. The Hall–Kier alpha value is -3.56. The van der Waals surface area contributed by atoms with Crippen molar-refractivity contribution in [3.8, 4) is 11.8 Å². The number of nitriles is 1. The van der Waals surface area contributed by atoms with Crippen LogP contribution in [-0.4, -0.2) is 39.6 Å². The van der Waals surface area contributed by atoms with Crippen LogP contribution in [0.5, 0.6) is 5.75 Å². The van der Waals surface area contributed by atoms with Gasteiger partial charge < -0.3 is 14.6 Å². The van der Waals surface area contributed by atoms with Crippen molar-refractivity contribution in [3.63, 3.8) is 0 Å². The molecule has 1 saturated carbocycles. The van der Waals surface area contributed by atoms with E-state index >= 15 is 0 Å². The molecule has 2 heterocycles. The summed E-state index contributed by atoms with van der Waals surface area (Å²) in [5.74, 6) is -1.80. The van der Waals surface area contributed by atoms with Gasteiger partial charge in [-0.25, -0.2) is 22.9 Å². The molecule has 40 heavy (non-hydrogen) atoms. The van der Waals surface area contributed by atoms with Crippen LogP contribution in [0.1, 0.15) is 68.1 Å². The minimum atomic E-state index is -1.92. The molecule has 1 aromatic carbocycles. The number of aromatic nitrogens is 2. The predicted molar refractivity (Wildman–Crippen MR) is 145 cm³/mol. The third-order valence-corrected chi connectivity index (χ3v) is 8.53. The molecule has 2 aromatic heterocycles. The Kier molecular flexibility index (Phi) is 8.75. The fourth-order valence-electron chi connectivity index (χ4n) is 5.07. The molecule has 1 aliphatic carbocycles. The van der Waals surface area contributed by atoms with Crippen LogP contribution in [0.4, 0.5) is 8.78 Å². The van der Waals surface area contributed by atoms with Crippen molar-refractivity contribution in [1.82, 2.24) is 9.13 Å². The Bertz CT molecular complexity index is 1580. The van der Waals surface area contributed by atoms with E-state index in [1.807, 2.05) is 6.07 Å². The highest BCUT2D eigenvalue weighted by atomic mass is 32.1. The average Bonchev–Trinajstić information content (AvgIpc) is 3.26. The molecule has 0 radical (unpaired) electrons. The number of benzene rings is 1. The summed E-state index contributed by atoms with van der Waals surface area (Å²) in [4.78, 5) is 40.0. The first-order valence-electron chi connectivity index (χ1n) is 13.1. The Morgan fingerprint density at radius 1 is 1.27 bits per heavy atom. The summed E-state index contributed by atoms with van der Waals surface area (Å²) in [7, 11) is 0. The van der Waals surface area contributed by atoms with E-state index in [9.17, 15) is 33.5 Å². The predicted octanol–water partition coefficient (Wildman–Crippen LogP) is 4.80. The number of halogens is 2. The lowest BCUT2D eigenvalue weighted by atomic mass is 9.97. The van der Waals surface area contributed by atoms with Crippen LogP contribution in [-0.2, 0) is 21.6 Å². The lowest BCUT2D eigenvalue weighted by Crippen LogP contribution is -2.52. The first-order valence-corrected chi connectivity index (χ1v) is 13.9. The minimum Gasteiger partial charge on any atom is -0.490 e. The summed E-state index contributed by atoms with van der Waals surface area (Å²) < 4.78 is 41.4. The maximum Gasteiger partial charge on any atom is 0.333 e. The third kappa shape index (κ3) is 5.53. The van der Waals surface area contributed by atoms with Gasteiger partial charge in [0.1, 0.15) is 52.3 Å². The number of nitrogens with zero attached hydrogens (tertiary/aromatic N) is 3. The Labute approximate surface area is 233 Å². The molecule has 9 nitrogen and oxygen atoms in total. The average molecular weight is 576 g/mol. The monoisotopic (exact) mass is 575 g/mol. The molecule has 12 heteroatoms. The molecule has 1 atom stereocenters. The number of carbonyl (C=O) groups is 1. The smallest absolute Gasteiger partial charge is 0.333 e. The van der Waals surface area contributed by atoms with E-state index in [-0.39, 0.29) is 45.7 Å². The van der Waals surface area contributed by atoms with Crippen molar-refractivity contribution >= 4 is 27.5 Å². The van der Waals surface area contributed by atoms with Crippen molar-refractivity contribution < 1.29 is 28.2 Å². The van der Waals surface area contributed by atoms with Gasteiger partial charge >= 0.3 is 11.7 Å². The second-order valence-electron chi connectivity index (χ2n) is 10.4. The standard InChI is InChI=1S/C28H31F2N3O6S/c1-16-22(14-31)40-25-23(16)24(34)33(28(2,3)26(35)36)27(37)32(25)15-21(39-18-7-5-4-6-8-18)19-13-17(30)9-10-20(19)38-12-11-29/h9-10,13,18,21H,4-8,11-12,15H2,1-3H3,(H,35,36)/t21-/m0/s1. The number of thiophene rings is 1. The quantitative estimate of drug-likeness (QED) is 0.368. The van der Waals surface area contributed by atoms with Gasteiger partial charge in [0.05, 0.1) is 18.0 Å². The van der Waals surface area contributed by atoms with Crippen molar-refractivity contribution in [2.75, 3.05) is 13.3 Å². The molecule has 1 fully saturated rings. The van der Waals surface area contributed by atoms with Crippen LogP contribution in [0, 0.1) is 24.1 Å². The highest BCUT2D eigenvalue weighted by molar-refractivity contribution is 7.19. The molecule has 0 saturated heterocycles. The van der Waals surface area contributed by atoms with Crippen LogP contribution in [0.25, 0.3) is 10.2 Å². The summed E-state index contributed by atoms with van der Waals surface area (Å²) in [5.41, 5.74) is -3.06. The molecule has 0 aliphatic heterocycles. The van der Waals surface area contributed by atoms with E-state index in [0.717, 1.165) is 43.4 Å². The first kappa shape index (κ1) is 29.4. The zero-order valence-electron chi connectivity index (χ0n) is 22.5. The zero-order valence-corrected chi connectivity index (χ0v) is 23.4. The highest BCUT2D eigenvalue weighted by Gasteiger charge is 2.36. The maximum absolute atomic E-state index is 14.5. The SMILES string of the molecule is Cc1c(C#N)sc2c1c(=O)n(C(C)(C)C(=O)O)c(=O)n2C[C@H](OC1CCCCC1)c1cc(F)ccc1OCCF. The summed E-state index contributed by atoms with van der Waals surface area (Å²) in [6.45, 7) is 2.77. The van der Waals surface area contributed by atoms with E-state index in [0.29, 0.717) is 10.1 Å². The first-order chi connectivity index (χ1) is 19.0. The van der Waals surface area contributed by atoms with Gasteiger partial charge in [0.15, 0.2) is 0 Å². The molecule has 4 rings (SSSR count). The Balaban J connectivity index is 1.97. The van der Waals surface area contributed by atoms with Gasteiger partial charge in [-0.1, -0.05) is 19.3 Å². The third-order valence-electron chi connectivity index (χ3n) is 7.31. The summed E-state index contributed by atoms with van der Waals surface area (Å²) in [5, 5.41) is 19.6. The number of fused-ring (bicyclic) bond motifs is 1. The molecule has 1 N–H and O–H groups in total. The topological polar surface area (TPSA) is 124 Å². The Morgan fingerprint density at radius 2 is 1.98 bits per heavy atom. The fourth-order valence-corrected chi connectivity index (χ4v) is 6.17. The molecular formula is C28H31F2N3O6S. The van der Waals surface area contributed by atoms with Crippen molar-refractivity contribution in [3.05, 3.63) is 60.9 Å². The van der Waals surface area contributed by atoms with Crippen LogP contribution < -0.4 is 16.0 Å². The van der Waals surface area contributed by atoms with Gasteiger partial charge in [0.25, 0.3) is 5.56 Å². The van der Waals surface area contributed by atoms with E-state index in [1.54, 1.807) is 6.92 Å². The van der Waals surface area contributed by atoms with Crippen LogP contribution in [0.2, 0.25) is 0 Å². The van der Waals surface area contributed by atoms with Gasteiger partial charge in [-0.05, 0) is 57.4 Å². The maximum atomic E-state index is 14.5. The van der Waals surface area contributed by atoms with Crippen LogP contribution >= 0.6 is 11.3 Å². The molecule has 214 valence electrons. The van der Waals surface area contributed by atoms with Gasteiger partial charge in [0.2, 0.25) is 0 Å². The molecule has 0 unspecified atom stereocenters. The number of aryl methyl sites for hydroxylation is 1. The molecule has 3 aromatic rings. The number of hydrogen-bond acceptors (Lipinski definition) is 7. The number of ether oxygens (including phenoxy) is 2. The summed E-state index contributed by atoms with van der Waals surface area (Å²) in [6, 6.07) is 5.79. The van der Waals surface area contributed by atoms with Crippen LogP contribution in [0.15, 0.2) is 27.8 Å². The highest BCUT2D eigenvalue weighted by Crippen LogP contribution is 2.35. The lowest BCUT2D eigenvalue weighted by molar-refractivity contribution is -0.146. The number of rotatable bonds is 10. The van der Waals surface area contributed by atoms with E-state index in [2.05, 4.69) is 0 Å². The largest absolute Gasteiger partial charge is 0.490 e. The molecule has 0 amide bonds. The van der Waals surface area contributed by atoms with Gasteiger partial charge in [-0.3, -0.25) is 9.36 Å².